The quantitative estimate of drug-likeness (QED) is 0.272. The average molecular weight is 595 g/mol. The summed E-state index contributed by atoms with van der Waals surface area (Å²) in [5, 5.41) is 13.3. The van der Waals surface area contributed by atoms with E-state index < -0.39 is 15.9 Å². The normalized spacial score (nSPS) is 12.9. The molecular formula is C29H27ClN4O4S2. The van der Waals surface area contributed by atoms with Crippen molar-refractivity contribution in [1.82, 2.24) is 4.90 Å². The molecule has 4 aromatic rings. The van der Waals surface area contributed by atoms with Crippen LogP contribution in [0.3, 0.4) is 0 Å². The fourth-order valence-corrected chi connectivity index (χ4v) is 6.85. The maximum absolute atomic E-state index is 13.4. The van der Waals surface area contributed by atoms with Gasteiger partial charge in [0.25, 0.3) is 15.9 Å². The molecular weight excluding hydrogens is 568 g/mol. The number of hydrogen-bond acceptors (Lipinski definition) is 7. The van der Waals surface area contributed by atoms with Gasteiger partial charge in [0.05, 0.1) is 28.8 Å². The summed E-state index contributed by atoms with van der Waals surface area (Å²) >= 11 is 1.40. The minimum Gasteiger partial charge on any atom is -0.497 e. The molecule has 0 fully saturated rings. The average Bonchev–Trinajstić information content (AvgIpc) is 3.29. The number of nitrogens with one attached hydrogen (secondary N) is 2. The van der Waals surface area contributed by atoms with E-state index in [0.717, 1.165) is 30.0 Å². The van der Waals surface area contributed by atoms with E-state index in [1.807, 2.05) is 18.2 Å². The third-order valence-corrected chi connectivity index (χ3v) is 9.02. The number of para-hydroxylation sites is 1. The molecule has 0 saturated carbocycles. The molecule has 0 saturated heterocycles. The van der Waals surface area contributed by atoms with Crippen molar-refractivity contribution in [3.8, 4) is 11.8 Å². The number of hydrogen-bond donors (Lipinski definition) is 2. The van der Waals surface area contributed by atoms with Crippen molar-refractivity contribution in [3.05, 3.63) is 106 Å². The zero-order chi connectivity index (χ0) is 27.4. The molecule has 11 heteroatoms. The van der Waals surface area contributed by atoms with Crippen molar-refractivity contribution in [3.63, 3.8) is 0 Å². The van der Waals surface area contributed by atoms with Crippen LogP contribution in [0.5, 0.6) is 5.75 Å². The Kier molecular flexibility index (Phi) is 9.12. The first-order valence-electron chi connectivity index (χ1n) is 12.3. The molecule has 2 heterocycles. The number of carbonyl (C=O) groups is 1. The second kappa shape index (κ2) is 12.5. The van der Waals surface area contributed by atoms with Crippen molar-refractivity contribution < 1.29 is 17.9 Å². The summed E-state index contributed by atoms with van der Waals surface area (Å²) in [6.45, 7) is 2.32. The highest BCUT2D eigenvalue weighted by atomic mass is 35.5. The Balaban J connectivity index is 0.00000370. The number of nitriles is 1. The fourth-order valence-electron chi connectivity index (χ4n) is 4.54. The predicted octanol–water partition coefficient (Wildman–Crippen LogP) is 5.66. The van der Waals surface area contributed by atoms with Crippen LogP contribution in [0.2, 0.25) is 0 Å². The number of methoxy groups -OCH3 is 1. The van der Waals surface area contributed by atoms with E-state index in [1.54, 1.807) is 30.3 Å². The summed E-state index contributed by atoms with van der Waals surface area (Å²) < 4.78 is 33.6. The molecule has 0 bridgehead atoms. The fraction of sp³-hybridized carbons (Fsp3) is 0.172. The van der Waals surface area contributed by atoms with Crippen molar-refractivity contribution >= 4 is 50.4 Å². The van der Waals surface area contributed by atoms with Crippen molar-refractivity contribution in [2.75, 3.05) is 23.7 Å². The molecule has 1 amide bonds. The lowest BCUT2D eigenvalue weighted by Gasteiger charge is -2.26. The highest BCUT2D eigenvalue weighted by molar-refractivity contribution is 7.92. The smallest absolute Gasteiger partial charge is 0.261 e. The van der Waals surface area contributed by atoms with Crippen LogP contribution in [-0.2, 0) is 29.5 Å². The second-order valence-corrected chi connectivity index (χ2v) is 11.8. The van der Waals surface area contributed by atoms with Gasteiger partial charge in [0.1, 0.15) is 16.8 Å². The number of amides is 1. The topological polar surface area (TPSA) is 112 Å². The maximum atomic E-state index is 13.4. The SMILES string of the molecule is COc1ccc(S(=O)(=O)Nc2ccccc2C(=O)Nc2sc3c(c2C#N)CCN(Cc2ccccc2)C3)cc1.Cl. The van der Waals surface area contributed by atoms with Crippen LogP contribution in [0.25, 0.3) is 0 Å². The Bertz CT molecular complexity index is 1650. The lowest BCUT2D eigenvalue weighted by Crippen LogP contribution is -2.29. The number of thiophene rings is 1. The van der Waals surface area contributed by atoms with Crippen LogP contribution >= 0.6 is 23.7 Å². The van der Waals surface area contributed by atoms with Gasteiger partial charge in [-0.2, -0.15) is 5.26 Å². The zero-order valence-corrected chi connectivity index (χ0v) is 24.0. The second-order valence-electron chi connectivity index (χ2n) is 9.05. The van der Waals surface area contributed by atoms with Crippen molar-refractivity contribution in [2.24, 2.45) is 0 Å². The van der Waals surface area contributed by atoms with Crippen LogP contribution in [0.1, 0.15) is 31.9 Å². The van der Waals surface area contributed by atoms with E-state index in [2.05, 4.69) is 33.1 Å². The Morgan fingerprint density at radius 2 is 1.75 bits per heavy atom. The number of anilines is 2. The lowest BCUT2D eigenvalue weighted by molar-refractivity contribution is 0.102. The summed E-state index contributed by atoms with van der Waals surface area (Å²) in [4.78, 5) is 16.8. The van der Waals surface area contributed by atoms with E-state index in [4.69, 9.17) is 4.74 Å². The lowest BCUT2D eigenvalue weighted by atomic mass is 10.0. The molecule has 1 aromatic heterocycles. The van der Waals surface area contributed by atoms with Gasteiger partial charge >= 0.3 is 0 Å². The molecule has 3 aromatic carbocycles. The number of halogens is 1. The molecule has 1 aliphatic rings. The first-order valence-corrected chi connectivity index (χ1v) is 14.6. The Morgan fingerprint density at radius 3 is 2.45 bits per heavy atom. The van der Waals surface area contributed by atoms with Gasteiger partial charge in [0.15, 0.2) is 0 Å². The number of sulfonamides is 1. The third-order valence-electron chi connectivity index (χ3n) is 6.51. The summed E-state index contributed by atoms with van der Waals surface area (Å²) in [7, 11) is -2.46. The van der Waals surface area contributed by atoms with Gasteiger partial charge in [-0.3, -0.25) is 14.4 Å². The summed E-state index contributed by atoms with van der Waals surface area (Å²) in [6.07, 6.45) is 0.718. The highest BCUT2D eigenvalue weighted by Gasteiger charge is 2.26. The summed E-state index contributed by atoms with van der Waals surface area (Å²) in [5.74, 6) is 0.0307. The molecule has 0 aliphatic carbocycles. The number of ether oxygens (including phenoxy) is 1. The minimum absolute atomic E-state index is 0. The zero-order valence-electron chi connectivity index (χ0n) is 21.6. The number of rotatable bonds is 8. The van der Waals surface area contributed by atoms with Gasteiger partial charge in [0.2, 0.25) is 0 Å². The molecule has 40 heavy (non-hydrogen) atoms. The van der Waals surface area contributed by atoms with Gasteiger partial charge in [0, 0.05) is 24.5 Å². The molecule has 2 N–H and O–H groups in total. The first kappa shape index (κ1) is 29.1. The van der Waals surface area contributed by atoms with Crippen molar-refractivity contribution in [2.45, 2.75) is 24.4 Å². The van der Waals surface area contributed by atoms with Gasteiger partial charge in [-0.1, -0.05) is 42.5 Å². The van der Waals surface area contributed by atoms with Gasteiger partial charge < -0.3 is 10.1 Å². The first-order chi connectivity index (χ1) is 18.9. The van der Waals surface area contributed by atoms with E-state index in [9.17, 15) is 18.5 Å². The molecule has 0 radical (unpaired) electrons. The molecule has 206 valence electrons. The molecule has 1 aliphatic heterocycles. The Morgan fingerprint density at radius 1 is 1.05 bits per heavy atom. The Labute approximate surface area is 243 Å². The Hall–Kier alpha value is -3.88. The number of nitrogens with zero attached hydrogens (tertiary/aromatic N) is 2. The maximum Gasteiger partial charge on any atom is 0.261 e. The van der Waals surface area contributed by atoms with E-state index in [1.165, 1.54) is 42.2 Å². The van der Waals surface area contributed by atoms with Crippen LogP contribution in [0.4, 0.5) is 10.7 Å². The number of benzene rings is 3. The van der Waals surface area contributed by atoms with E-state index in [0.29, 0.717) is 22.9 Å². The predicted molar refractivity (Wildman–Crippen MR) is 159 cm³/mol. The largest absolute Gasteiger partial charge is 0.497 e. The monoisotopic (exact) mass is 594 g/mol. The van der Waals surface area contributed by atoms with Crippen LogP contribution in [-0.4, -0.2) is 32.9 Å². The molecule has 5 rings (SSSR count). The van der Waals surface area contributed by atoms with Crippen LogP contribution in [0.15, 0.2) is 83.8 Å². The number of fused-ring (bicyclic) bond motifs is 1. The van der Waals surface area contributed by atoms with Crippen LogP contribution < -0.4 is 14.8 Å². The molecule has 0 spiro atoms. The molecule has 0 unspecified atom stereocenters. The van der Waals surface area contributed by atoms with Crippen molar-refractivity contribution in [1.29, 1.82) is 5.26 Å². The van der Waals surface area contributed by atoms with Gasteiger partial charge in [-0.15, -0.1) is 23.7 Å². The number of carbonyl (C=O) groups excluding carboxylic acids is 1. The molecule has 8 nitrogen and oxygen atoms in total. The van der Waals surface area contributed by atoms with E-state index in [-0.39, 0.29) is 28.6 Å². The minimum atomic E-state index is -3.96. The summed E-state index contributed by atoms with van der Waals surface area (Å²) in [6, 6.07) is 24.8. The highest BCUT2D eigenvalue weighted by Crippen LogP contribution is 2.37. The summed E-state index contributed by atoms with van der Waals surface area (Å²) in [5.41, 5.74) is 2.95. The standard InChI is InChI=1S/C29H26N4O4S2.ClH/c1-37-21-11-13-22(14-12-21)39(35,36)32-26-10-6-5-9-24(26)28(34)31-29-25(17-30)23-15-16-33(19-27(23)38-29)18-20-7-3-2-4-8-20;/h2-14,32H,15-16,18-19H2,1H3,(H,31,34);1H. The third kappa shape index (κ3) is 6.29. The van der Waals surface area contributed by atoms with E-state index >= 15 is 0 Å². The van der Waals surface area contributed by atoms with Gasteiger partial charge in [-0.25, -0.2) is 8.42 Å². The molecule has 0 atom stereocenters. The van der Waals surface area contributed by atoms with Crippen LogP contribution in [0, 0.1) is 11.3 Å². The van der Waals surface area contributed by atoms with Gasteiger partial charge in [-0.05, 0) is 53.9 Å².